The largest absolute Gasteiger partial charge is 0.374 e. The van der Waals surface area contributed by atoms with Gasteiger partial charge in [0, 0.05) is 32.9 Å². The Morgan fingerprint density at radius 2 is 2.19 bits per heavy atom. The molecular formula is C17H32N2O2. The molecule has 1 saturated heterocycles. The lowest BCUT2D eigenvalue weighted by Crippen LogP contribution is -2.48. The van der Waals surface area contributed by atoms with Crippen molar-refractivity contribution >= 4 is 5.91 Å². The molecule has 1 fully saturated rings. The highest BCUT2D eigenvalue weighted by atomic mass is 16.5. The second kappa shape index (κ2) is 9.81. The summed E-state index contributed by atoms with van der Waals surface area (Å²) in [5.74, 6) is 7.18. The second-order valence-electron chi connectivity index (χ2n) is 5.91. The Morgan fingerprint density at radius 1 is 1.43 bits per heavy atom. The predicted molar refractivity (Wildman–Crippen MR) is 88.0 cm³/mol. The lowest BCUT2D eigenvalue weighted by Gasteiger charge is -2.31. The van der Waals surface area contributed by atoms with Crippen LogP contribution in [0.5, 0.6) is 0 Å². The Kier molecular flexibility index (Phi) is 8.41. The van der Waals surface area contributed by atoms with Gasteiger partial charge in [0.1, 0.15) is 0 Å². The zero-order chi connectivity index (χ0) is 15.7. The lowest BCUT2D eigenvalue weighted by molar-refractivity contribution is -0.125. The Bertz CT molecular complexity index is 379. The maximum absolute atomic E-state index is 11.8. The molecule has 1 aliphatic heterocycles. The van der Waals surface area contributed by atoms with Crippen molar-refractivity contribution in [3.63, 3.8) is 0 Å². The van der Waals surface area contributed by atoms with Gasteiger partial charge in [-0.25, -0.2) is 0 Å². The van der Waals surface area contributed by atoms with Gasteiger partial charge < -0.3 is 10.1 Å². The maximum Gasteiger partial charge on any atom is 0.222 e. The number of hydrogen-bond acceptors (Lipinski definition) is 3. The van der Waals surface area contributed by atoms with E-state index in [0.717, 1.165) is 39.1 Å². The molecule has 0 aliphatic carbocycles. The summed E-state index contributed by atoms with van der Waals surface area (Å²) in [5, 5.41) is 2.98. The first-order chi connectivity index (χ1) is 10.1. The molecule has 0 radical (unpaired) electrons. The lowest BCUT2D eigenvalue weighted by atomic mass is 10.1. The van der Waals surface area contributed by atoms with Gasteiger partial charge in [-0.1, -0.05) is 39.5 Å². The van der Waals surface area contributed by atoms with Gasteiger partial charge in [0.15, 0.2) is 0 Å². The highest BCUT2D eigenvalue weighted by Crippen LogP contribution is 2.05. The van der Waals surface area contributed by atoms with Crippen molar-refractivity contribution in [3.8, 4) is 11.8 Å². The summed E-state index contributed by atoms with van der Waals surface area (Å²) in [6, 6.07) is 0. The number of ether oxygens (including phenoxy) is 1. The van der Waals surface area contributed by atoms with Crippen LogP contribution in [0.4, 0.5) is 0 Å². The number of carbonyl (C=O) groups excluding carboxylic acids is 1. The van der Waals surface area contributed by atoms with E-state index in [1.165, 1.54) is 0 Å². The monoisotopic (exact) mass is 296 g/mol. The fraction of sp³-hybridized carbons (Fsp3) is 0.824. The molecule has 4 heteroatoms. The van der Waals surface area contributed by atoms with Crippen molar-refractivity contribution < 1.29 is 11.0 Å². The van der Waals surface area contributed by atoms with Crippen LogP contribution in [-0.2, 0) is 9.53 Å². The highest BCUT2D eigenvalue weighted by molar-refractivity contribution is 5.78. The van der Waals surface area contributed by atoms with E-state index in [2.05, 4.69) is 35.9 Å². The van der Waals surface area contributed by atoms with E-state index in [9.17, 15) is 4.79 Å². The van der Waals surface area contributed by atoms with Gasteiger partial charge in [0.05, 0.1) is 19.3 Å². The Morgan fingerprint density at radius 3 is 2.86 bits per heavy atom. The van der Waals surface area contributed by atoms with Gasteiger partial charge in [-0.3, -0.25) is 9.69 Å². The second-order valence-corrected chi connectivity index (χ2v) is 5.91. The third-order valence-corrected chi connectivity index (χ3v) is 4.05. The standard InChI is InChI=1S/C17H30N2O2.H2/c1-5-14(3)8-7-9-19-10-11-21-16(13-19)12-18-17(20)15(4)6-2;/h14-16H,5-6,9-13H2,1-4H3,(H,18,20);1H/t14?,15?,16-;/m1./s1. The van der Waals surface area contributed by atoms with Crippen molar-refractivity contribution in [2.24, 2.45) is 11.8 Å². The SMILES string of the molecule is CCC(C)C#CCN1CCO[C@H](CNC(=O)C(C)CC)C1.[HH]. The minimum atomic E-state index is 0. The summed E-state index contributed by atoms with van der Waals surface area (Å²) in [5.41, 5.74) is 0. The van der Waals surface area contributed by atoms with Gasteiger partial charge in [0.2, 0.25) is 5.91 Å². The van der Waals surface area contributed by atoms with Crippen LogP contribution in [0.25, 0.3) is 0 Å². The van der Waals surface area contributed by atoms with E-state index < -0.39 is 0 Å². The first-order valence-electron chi connectivity index (χ1n) is 8.16. The van der Waals surface area contributed by atoms with Crippen molar-refractivity contribution in [1.29, 1.82) is 0 Å². The van der Waals surface area contributed by atoms with E-state index in [4.69, 9.17) is 4.74 Å². The van der Waals surface area contributed by atoms with E-state index in [-0.39, 0.29) is 19.4 Å². The summed E-state index contributed by atoms with van der Waals surface area (Å²) < 4.78 is 5.72. The molecule has 1 N–H and O–H groups in total. The number of rotatable bonds is 6. The normalized spacial score (nSPS) is 22.0. The van der Waals surface area contributed by atoms with Crippen LogP contribution in [0.15, 0.2) is 0 Å². The van der Waals surface area contributed by atoms with Gasteiger partial charge in [0.25, 0.3) is 0 Å². The Balaban J connectivity index is 0.00000441. The first kappa shape index (κ1) is 18.0. The molecular weight excluding hydrogens is 264 g/mol. The summed E-state index contributed by atoms with van der Waals surface area (Å²) >= 11 is 0. The third-order valence-electron chi connectivity index (χ3n) is 4.05. The molecule has 0 aromatic rings. The molecule has 1 aliphatic rings. The smallest absolute Gasteiger partial charge is 0.222 e. The number of nitrogens with one attached hydrogen (secondary N) is 1. The van der Waals surface area contributed by atoms with E-state index in [1.807, 2.05) is 13.8 Å². The molecule has 0 spiro atoms. The van der Waals surface area contributed by atoms with Crippen molar-refractivity contribution in [1.82, 2.24) is 10.2 Å². The maximum atomic E-state index is 11.8. The van der Waals surface area contributed by atoms with Crippen LogP contribution in [-0.4, -0.2) is 49.7 Å². The van der Waals surface area contributed by atoms with Crippen LogP contribution < -0.4 is 5.32 Å². The molecule has 0 aromatic carbocycles. The fourth-order valence-corrected chi connectivity index (χ4v) is 2.06. The van der Waals surface area contributed by atoms with Gasteiger partial charge >= 0.3 is 0 Å². The minimum Gasteiger partial charge on any atom is -0.374 e. The zero-order valence-electron chi connectivity index (χ0n) is 13.9. The molecule has 0 bridgehead atoms. The summed E-state index contributed by atoms with van der Waals surface area (Å²) in [6.07, 6.45) is 2.05. The molecule has 1 rings (SSSR count). The number of nitrogens with zero attached hydrogens (tertiary/aromatic N) is 1. The Hall–Kier alpha value is -1.05. The van der Waals surface area contributed by atoms with Gasteiger partial charge in [-0.05, 0) is 12.8 Å². The van der Waals surface area contributed by atoms with Crippen LogP contribution in [0.1, 0.15) is 42.0 Å². The molecule has 1 amide bonds. The fourth-order valence-electron chi connectivity index (χ4n) is 2.06. The molecule has 122 valence electrons. The highest BCUT2D eigenvalue weighted by Gasteiger charge is 2.21. The minimum absolute atomic E-state index is 0. The number of carbonyl (C=O) groups is 1. The Labute approximate surface area is 131 Å². The molecule has 3 atom stereocenters. The predicted octanol–water partition coefficient (Wildman–Crippen LogP) is 2.14. The number of morpholine rings is 1. The first-order valence-corrected chi connectivity index (χ1v) is 8.16. The number of hydrogen-bond donors (Lipinski definition) is 1. The molecule has 0 aromatic heterocycles. The van der Waals surface area contributed by atoms with E-state index >= 15 is 0 Å². The average Bonchev–Trinajstić information content (AvgIpc) is 2.51. The van der Waals surface area contributed by atoms with Crippen LogP contribution >= 0.6 is 0 Å². The summed E-state index contributed by atoms with van der Waals surface area (Å²) in [7, 11) is 0. The van der Waals surface area contributed by atoms with Gasteiger partial charge in [-0.15, -0.1) is 0 Å². The average molecular weight is 296 g/mol. The molecule has 1 heterocycles. The van der Waals surface area contributed by atoms with E-state index in [1.54, 1.807) is 0 Å². The van der Waals surface area contributed by atoms with E-state index in [0.29, 0.717) is 12.5 Å². The van der Waals surface area contributed by atoms with Crippen LogP contribution in [0, 0.1) is 23.7 Å². The molecule has 21 heavy (non-hydrogen) atoms. The molecule has 4 nitrogen and oxygen atoms in total. The summed E-state index contributed by atoms with van der Waals surface area (Å²) in [6.45, 7) is 12.2. The number of amides is 1. The topological polar surface area (TPSA) is 41.6 Å². The summed E-state index contributed by atoms with van der Waals surface area (Å²) in [4.78, 5) is 14.1. The van der Waals surface area contributed by atoms with Crippen molar-refractivity contribution in [2.75, 3.05) is 32.8 Å². The zero-order valence-corrected chi connectivity index (χ0v) is 13.9. The van der Waals surface area contributed by atoms with Crippen molar-refractivity contribution in [2.45, 2.75) is 46.6 Å². The molecule has 0 saturated carbocycles. The quantitative estimate of drug-likeness (QED) is 0.764. The third kappa shape index (κ3) is 6.97. The van der Waals surface area contributed by atoms with Crippen molar-refractivity contribution in [3.05, 3.63) is 0 Å². The van der Waals surface area contributed by atoms with Gasteiger partial charge in [-0.2, -0.15) is 0 Å². The van der Waals surface area contributed by atoms with Crippen LogP contribution in [0.3, 0.4) is 0 Å². The van der Waals surface area contributed by atoms with Crippen LogP contribution in [0.2, 0.25) is 0 Å². The molecule has 2 unspecified atom stereocenters.